The van der Waals surface area contributed by atoms with Crippen LogP contribution in [-0.4, -0.2) is 24.9 Å². The van der Waals surface area contributed by atoms with Gasteiger partial charge in [0, 0.05) is 35.5 Å². The number of benzene rings is 1. The molecule has 23 heavy (non-hydrogen) atoms. The van der Waals surface area contributed by atoms with E-state index in [9.17, 15) is 4.79 Å². The number of pyridine rings is 1. The molecule has 1 aliphatic heterocycles. The molecule has 1 saturated heterocycles. The second kappa shape index (κ2) is 7.38. The van der Waals surface area contributed by atoms with Crippen LogP contribution in [0, 0.1) is 0 Å². The average Bonchev–Trinajstić information content (AvgIpc) is 2.63. The van der Waals surface area contributed by atoms with Crippen molar-refractivity contribution < 1.29 is 14.4 Å². The Morgan fingerprint density at radius 2 is 2.26 bits per heavy atom. The molecular weight excluding hydrogens is 288 g/mol. The number of hydrogen-bond donors (Lipinski definition) is 1. The largest absolute Gasteiger partial charge is 0.496 e. The molecule has 2 heterocycles. The number of aldehydes is 1. The summed E-state index contributed by atoms with van der Waals surface area (Å²) in [5.74, 6) is 0.860. The highest BCUT2D eigenvalue weighted by atomic mass is 16.5. The lowest BCUT2D eigenvalue weighted by molar-refractivity contribution is -0.950. The molecule has 1 aliphatic rings. The van der Waals surface area contributed by atoms with E-state index in [4.69, 9.17) is 4.74 Å². The zero-order valence-corrected chi connectivity index (χ0v) is 13.5. The van der Waals surface area contributed by atoms with Crippen molar-refractivity contribution in [3.8, 4) is 5.75 Å². The lowest BCUT2D eigenvalue weighted by Gasteiger charge is -2.33. The minimum atomic E-state index is 0.460. The van der Waals surface area contributed by atoms with E-state index in [0.29, 0.717) is 11.6 Å². The average molecular weight is 311 g/mol. The van der Waals surface area contributed by atoms with Gasteiger partial charge < -0.3 is 9.64 Å². The zero-order chi connectivity index (χ0) is 16.1. The zero-order valence-electron chi connectivity index (χ0n) is 13.5. The van der Waals surface area contributed by atoms with E-state index in [1.165, 1.54) is 29.7 Å². The van der Waals surface area contributed by atoms with Crippen LogP contribution < -0.4 is 9.64 Å². The molecule has 2 atom stereocenters. The molecule has 3 rings (SSSR count). The topological polar surface area (TPSA) is 43.6 Å². The molecule has 1 aromatic carbocycles. The van der Waals surface area contributed by atoms with Gasteiger partial charge in [0.1, 0.15) is 24.6 Å². The van der Waals surface area contributed by atoms with Crippen molar-refractivity contribution >= 4 is 6.29 Å². The van der Waals surface area contributed by atoms with Crippen LogP contribution in [0.1, 0.15) is 46.8 Å². The molecule has 2 aromatic rings. The first-order chi connectivity index (χ1) is 11.3. The standard InChI is InChI=1S/C19H22N2O2/c1-23-19-8-7-15(14-22)11-17(19)13-21-10-3-2-6-18(21)16-5-4-9-20-12-16/h4-5,7-9,11-12,14,18H,2-3,6,10,13H2,1H3/p+1/t18-/m1/s1. The summed E-state index contributed by atoms with van der Waals surface area (Å²) in [6.45, 7) is 2.00. The molecule has 0 radical (unpaired) electrons. The van der Waals surface area contributed by atoms with Crippen molar-refractivity contribution in [3.05, 3.63) is 59.4 Å². The smallest absolute Gasteiger partial charge is 0.150 e. The lowest BCUT2D eigenvalue weighted by Crippen LogP contribution is -3.11. The SMILES string of the molecule is COc1ccc(C=O)cc1C[NH+]1CCCC[C@@H]1c1cccnc1. The van der Waals surface area contributed by atoms with Gasteiger partial charge in [0.2, 0.25) is 0 Å². The maximum atomic E-state index is 11.1. The fourth-order valence-corrected chi connectivity index (χ4v) is 3.53. The van der Waals surface area contributed by atoms with Gasteiger partial charge in [-0.1, -0.05) is 6.07 Å². The molecule has 120 valence electrons. The quantitative estimate of drug-likeness (QED) is 0.861. The first-order valence-corrected chi connectivity index (χ1v) is 8.18. The van der Waals surface area contributed by atoms with Crippen LogP contribution in [-0.2, 0) is 6.54 Å². The molecule has 4 nitrogen and oxygen atoms in total. The third-order valence-electron chi connectivity index (χ3n) is 4.68. The summed E-state index contributed by atoms with van der Waals surface area (Å²) >= 11 is 0. The van der Waals surface area contributed by atoms with Crippen LogP contribution >= 0.6 is 0 Å². The Hall–Kier alpha value is -2.20. The van der Waals surface area contributed by atoms with Crippen molar-refractivity contribution in [1.29, 1.82) is 0 Å². The number of aromatic nitrogens is 1. The number of hydrogen-bond acceptors (Lipinski definition) is 3. The Kier molecular flexibility index (Phi) is 5.03. The molecule has 0 bridgehead atoms. The van der Waals surface area contributed by atoms with E-state index in [1.54, 1.807) is 13.2 Å². The molecule has 0 spiro atoms. The van der Waals surface area contributed by atoms with Crippen LogP contribution in [0.3, 0.4) is 0 Å². The fourth-order valence-electron chi connectivity index (χ4n) is 3.53. The fraction of sp³-hybridized carbons (Fsp3) is 0.368. The van der Waals surface area contributed by atoms with Crippen molar-refractivity contribution in [2.75, 3.05) is 13.7 Å². The number of quaternary nitrogens is 1. The van der Waals surface area contributed by atoms with Crippen molar-refractivity contribution in [1.82, 2.24) is 4.98 Å². The Bertz CT molecular complexity index is 658. The number of likely N-dealkylation sites (tertiary alicyclic amines) is 1. The van der Waals surface area contributed by atoms with Gasteiger partial charge in [-0.05, 0) is 37.1 Å². The third kappa shape index (κ3) is 3.59. The number of carbonyl (C=O) groups excluding carboxylic acids is 1. The number of nitrogens with one attached hydrogen (secondary N) is 1. The lowest BCUT2D eigenvalue weighted by atomic mass is 9.95. The highest BCUT2D eigenvalue weighted by Crippen LogP contribution is 2.22. The summed E-state index contributed by atoms with van der Waals surface area (Å²) in [5, 5.41) is 0. The minimum Gasteiger partial charge on any atom is -0.496 e. The Balaban J connectivity index is 1.86. The number of methoxy groups -OCH3 is 1. The number of ether oxygens (including phenoxy) is 1. The number of nitrogens with zero attached hydrogens (tertiary/aromatic N) is 1. The summed E-state index contributed by atoms with van der Waals surface area (Å²) < 4.78 is 5.49. The van der Waals surface area contributed by atoms with Crippen molar-refractivity contribution in [2.24, 2.45) is 0 Å². The van der Waals surface area contributed by atoms with Gasteiger partial charge in [0.05, 0.1) is 13.7 Å². The Morgan fingerprint density at radius 3 is 3.00 bits per heavy atom. The van der Waals surface area contributed by atoms with Gasteiger partial charge in [-0.2, -0.15) is 0 Å². The monoisotopic (exact) mass is 311 g/mol. The summed E-state index contributed by atoms with van der Waals surface area (Å²) in [7, 11) is 1.68. The molecule has 0 saturated carbocycles. The molecule has 1 unspecified atom stereocenters. The van der Waals surface area contributed by atoms with E-state index < -0.39 is 0 Å². The minimum absolute atomic E-state index is 0.460. The van der Waals surface area contributed by atoms with E-state index in [-0.39, 0.29) is 0 Å². The van der Waals surface area contributed by atoms with E-state index in [0.717, 1.165) is 30.7 Å². The van der Waals surface area contributed by atoms with Gasteiger partial charge >= 0.3 is 0 Å². The van der Waals surface area contributed by atoms with Crippen LogP contribution in [0.25, 0.3) is 0 Å². The van der Waals surface area contributed by atoms with Crippen LogP contribution in [0.15, 0.2) is 42.7 Å². The predicted octanol–water partition coefficient (Wildman–Crippen LogP) is 2.21. The first-order valence-electron chi connectivity index (χ1n) is 8.18. The molecule has 0 amide bonds. The summed E-state index contributed by atoms with van der Waals surface area (Å²) in [6, 6.07) is 10.3. The van der Waals surface area contributed by atoms with Gasteiger partial charge in [0.25, 0.3) is 0 Å². The van der Waals surface area contributed by atoms with E-state index in [2.05, 4.69) is 11.1 Å². The van der Waals surface area contributed by atoms with Crippen LogP contribution in [0.2, 0.25) is 0 Å². The predicted molar refractivity (Wildman–Crippen MR) is 88.7 cm³/mol. The van der Waals surface area contributed by atoms with Crippen LogP contribution in [0.5, 0.6) is 5.75 Å². The summed E-state index contributed by atoms with van der Waals surface area (Å²) in [6.07, 6.45) is 8.37. The second-order valence-electron chi connectivity index (χ2n) is 6.11. The number of piperidine rings is 1. The maximum Gasteiger partial charge on any atom is 0.150 e. The van der Waals surface area contributed by atoms with Gasteiger partial charge in [-0.25, -0.2) is 0 Å². The number of rotatable bonds is 5. The van der Waals surface area contributed by atoms with Crippen molar-refractivity contribution in [3.63, 3.8) is 0 Å². The van der Waals surface area contributed by atoms with Gasteiger partial charge in [-0.3, -0.25) is 9.78 Å². The Morgan fingerprint density at radius 1 is 1.35 bits per heavy atom. The molecule has 0 aliphatic carbocycles. The third-order valence-corrected chi connectivity index (χ3v) is 4.68. The van der Waals surface area contributed by atoms with E-state index in [1.807, 2.05) is 30.6 Å². The molecule has 4 heteroatoms. The van der Waals surface area contributed by atoms with Gasteiger partial charge in [0.15, 0.2) is 0 Å². The van der Waals surface area contributed by atoms with Crippen molar-refractivity contribution in [2.45, 2.75) is 31.8 Å². The maximum absolute atomic E-state index is 11.1. The molecule has 1 aromatic heterocycles. The molecule has 1 fully saturated rings. The summed E-state index contributed by atoms with van der Waals surface area (Å²) in [4.78, 5) is 16.9. The highest BCUT2D eigenvalue weighted by Gasteiger charge is 2.28. The summed E-state index contributed by atoms with van der Waals surface area (Å²) in [5.41, 5.74) is 3.10. The highest BCUT2D eigenvalue weighted by molar-refractivity contribution is 5.75. The Labute approximate surface area is 137 Å². The van der Waals surface area contributed by atoms with Crippen LogP contribution in [0.4, 0.5) is 0 Å². The first kappa shape index (κ1) is 15.7. The van der Waals surface area contributed by atoms with E-state index >= 15 is 0 Å². The van der Waals surface area contributed by atoms with Gasteiger partial charge in [-0.15, -0.1) is 0 Å². The molecule has 1 N–H and O–H groups in total. The molecular formula is C19H23N2O2+. The second-order valence-corrected chi connectivity index (χ2v) is 6.11. The normalized spacial score (nSPS) is 20.9. The number of carbonyl (C=O) groups is 1.